The molecule has 2 rings (SSSR count). The zero-order valence-corrected chi connectivity index (χ0v) is 6.60. The van der Waals surface area contributed by atoms with Gasteiger partial charge in [-0.2, -0.15) is 12.6 Å². The fraction of sp³-hybridized carbons (Fsp3) is 0.500. The maximum Gasteiger partial charge on any atom is 0.108 e. The smallest absolute Gasteiger partial charge is 0.108 e. The average molecular weight is 154 g/mol. The van der Waals surface area contributed by atoms with Crippen molar-refractivity contribution in [2.75, 3.05) is 0 Å². The van der Waals surface area contributed by atoms with E-state index in [1.165, 1.54) is 18.4 Å². The van der Waals surface area contributed by atoms with E-state index < -0.39 is 0 Å². The average Bonchev–Trinajstić information content (AvgIpc) is 2.36. The van der Waals surface area contributed by atoms with Gasteiger partial charge in [0.25, 0.3) is 0 Å². The van der Waals surface area contributed by atoms with Gasteiger partial charge in [0.15, 0.2) is 0 Å². The Labute approximate surface area is 65.8 Å². The summed E-state index contributed by atoms with van der Waals surface area (Å²) in [5.41, 5.74) is 1.30. The first-order chi connectivity index (χ1) is 4.88. The quantitative estimate of drug-likeness (QED) is 0.567. The SMILES string of the molecule is SC1CCCc2occc21. The van der Waals surface area contributed by atoms with Crippen molar-refractivity contribution < 1.29 is 4.42 Å². The van der Waals surface area contributed by atoms with Crippen LogP contribution in [0.15, 0.2) is 16.7 Å². The molecule has 2 heteroatoms. The fourth-order valence-electron chi connectivity index (χ4n) is 1.46. The summed E-state index contributed by atoms with van der Waals surface area (Å²) in [6, 6.07) is 2.03. The Morgan fingerprint density at radius 3 is 3.30 bits per heavy atom. The Hall–Kier alpha value is -0.370. The van der Waals surface area contributed by atoms with Crippen molar-refractivity contribution >= 4 is 12.6 Å². The summed E-state index contributed by atoms with van der Waals surface area (Å²) in [6.07, 6.45) is 5.27. The van der Waals surface area contributed by atoms with Crippen LogP contribution in [0.5, 0.6) is 0 Å². The molecule has 1 atom stereocenters. The van der Waals surface area contributed by atoms with Crippen LogP contribution in [0.25, 0.3) is 0 Å². The van der Waals surface area contributed by atoms with Gasteiger partial charge in [0.05, 0.1) is 6.26 Å². The van der Waals surface area contributed by atoms with Gasteiger partial charge in [-0.05, 0) is 18.9 Å². The molecule has 1 aromatic rings. The fourth-order valence-corrected chi connectivity index (χ4v) is 1.87. The number of thiol groups is 1. The molecule has 0 saturated carbocycles. The lowest BCUT2D eigenvalue weighted by molar-refractivity contribution is 0.476. The summed E-state index contributed by atoms with van der Waals surface area (Å²) in [4.78, 5) is 0. The molecule has 1 aliphatic carbocycles. The van der Waals surface area contributed by atoms with Gasteiger partial charge in [-0.15, -0.1) is 0 Å². The lowest BCUT2D eigenvalue weighted by Crippen LogP contribution is -2.01. The topological polar surface area (TPSA) is 13.1 Å². The molecule has 1 nitrogen and oxygen atoms in total. The van der Waals surface area contributed by atoms with Crippen LogP contribution < -0.4 is 0 Å². The van der Waals surface area contributed by atoms with E-state index in [2.05, 4.69) is 12.6 Å². The Bertz CT molecular complexity index is 229. The molecule has 0 amide bonds. The van der Waals surface area contributed by atoms with Crippen molar-refractivity contribution in [3.8, 4) is 0 Å². The van der Waals surface area contributed by atoms with E-state index in [9.17, 15) is 0 Å². The largest absolute Gasteiger partial charge is 0.469 e. The van der Waals surface area contributed by atoms with E-state index in [1.54, 1.807) is 6.26 Å². The molecule has 0 saturated heterocycles. The molecule has 10 heavy (non-hydrogen) atoms. The molecule has 0 N–H and O–H groups in total. The number of hydrogen-bond acceptors (Lipinski definition) is 2. The first kappa shape index (κ1) is 6.35. The molecule has 0 aromatic carbocycles. The van der Waals surface area contributed by atoms with Crippen molar-refractivity contribution in [2.45, 2.75) is 24.5 Å². The molecule has 54 valence electrons. The summed E-state index contributed by atoms with van der Waals surface area (Å²) in [5.74, 6) is 1.14. The Morgan fingerprint density at radius 2 is 2.50 bits per heavy atom. The van der Waals surface area contributed by atoms with Gasteiger partial charge in [-0.1, -0.05) is 0 Å². The van der Waals surface area contributed by atoms with Crippen molar-refractivity contribution in [3.63, 3.8) is 0 Å². The third-order valence-electron chi connectivity index (χ3n) is 2.02. The monoisotopic (exact) mass is 154 g/mol. The molecule has 1 unspecified atom stereocenters. The predicted molar refractivity (Wildman–Crippen MR) is 43.4 cm³/mol. The minimum atomic E-state index is 0.419. The summed E-state index contributed by atoms with van der Waals surface area (Å²) in [7, 11) is 0. The molecule has 1 aliphatic rings. The van der Waals surface area contributed by atoms with Crippen LogP contribution in [-0.4, -0.2) is 0 Å². The van der Waals surface area contributed by atoms with E-state index in [4.69, 9.17) is 4.42 Å². The molecule has 1 aromatic heterocycles. The molecule has 0 radical (unpaired) electrons. The standard InChI is InChI=1S/C8H10OS/c10-8-3-1-2-7-6(8)4-5-9-7/h4-5,8,10H,1-3H2. The Kier molecular flexibility index (Phi) is 1.49. The second-order valence-corrected chi connectivity index (χ2v) is 3.33. The first-order valence-electron chi connectivity index (χ1n) is 3.62. The summed E-state index contributed by atoms with van der Waals surface area (Å²) in [5, 5.41) is 0.419. The van der Waals surface area contributed by atoms with Crippen molar-refractivity contribution in [1.29, 1.82) is 0 Å². The highest BCUT2D eigenvalue weighted by atomic mass is 32.1. The van der Waals surface area contributed by atoms with Gasteiger partial charge in [-0.3, -0.25) is 0 Å². The lowest BCUT2D eigenvalue weighted by atomic mass is 9.98. The highest BCUT2D eigenvalue weighted by Gasteiger charge is 2.18. The number of aryl methyl sites for hydroxylation is 1. The van der Waals surface area contributed by atoms with Gasteiger partial charge < -0.3 is 4.42 Å². The minimum absolute atomic E-state index is 0.419. The lowest BCUT2D eigenvalue weighted by Gasteiger charge is -2.15. The normalized spacial score (nSPS) is 24.3. The van der Waals surface area contributed by atoms with Crippen LogP contribution in [0.2, 0.25) is 0 Å². The van der Waals surface area contributed by atoms with Crippen LogP contribution in [0, 0.1) is 0 Å². The molecular formula is C8H10OS. The third kappa shape index (κ3) is 0.870. The van der Waals surface area contributed by atoms with E-state index in [0.717, 1.165) is 12.2 Å². The highest BCUT2D eigenvalue weighted by Crippen LogP contribution is 2.34. The summed E-state index contributed by atoms with van der Waals surface area (Å²) >= 11 is 4.45. The molecule has 0 fully saturated rings. The second kappa shape index (κ2) is 2.35. The zero-order valence-electron chi connectivity index (χ0n) is 5.71. The van der Waals surface area contributed by atoms with Gasteiger partial charge in [0.1, 0.15) is 5.76 Å². The van der Waals surface area contributed by atoms with Crippen molar-refractivity contribution in [1.82, 2.24) is 0 Å². The van der Waals surface area contributed by atoms with Crippen molar-refractivity contribution in [3.05, 3.63) is 23.7 Å². The second-order valence-electron chi connectivity index (χ2n) is 2.71. The number of rotatable bonds is 0. The maximum atomic E-state index is 5.28. The predicted octanol–water partition coefficient (Wildman–Crippen LogP) is 2.59. The van der Waals surface area contributed by atoms with Gasteiger partial charge in [-0.25, -0.2) is 0 Å². The number of fused-ring (bicyclic) bond motifs is 1. The zero-order chi connectivity index (χ0) is 6.97. The summed E-state index contributed by atoms with van der Waals surface area (Å²) < 4.78 is 5.28. The Balaban J connectivity index is 2.41. The van der Waals surface area contributed by atoms with E-state index >= 15 is 0 Å². The number of furan rings is 1. The van der Waals surface area contributed by atoms with Crippen LogP contribution in [0.4, 0.5) is 0 Å². The van der Waals surface area contributed by atoms with Crippen LogP contribution in [0.1, 0.15) is 29.4 Å². The van der Waals surface area contributed by atoms with E-state index in [-0.39, 0.29) is 0 Å². The molecule has 1 heterocycles. The van der Waals surface area contributed by atoms with Crippen LogP contribution in [0.3, 0.4) is 0 Å². The van der Waals surface area contributed by atoms with Crippen LogP contribution in [-0.2, 0) is 6.42 Å². The molecule has 0 spiro atoms. The first-order valence-corrected chi connectivity index (χ1v) is 4.14. The van der Waals surface area contributed by atoms with Gasteiger partial charge in [0, 0.05) is 17.2 Å². The molecular weight excluding hydrogens is 144 g/mol. The minimum Gasteiger partial charge on any atom is -0.469 e. The number of hydrogen-bond donors (Lipinski definition) is 1. The maximum absolute atomic E-state index is 5.28. The summed E-state index contributed by atoms with van der Waals surface area (Å²) in [6.45, 7) is 0. The van der Waals surface area contributed by atoms with Gasteiger partial charge in [0.2, 0.25) is 0 Å². The van der Waals surface area contributed by atoms with Gasteiger partial charge >= 0.3 is 0 Å². The van der Waals surface area contributed by atoms with Crippen molar-refractivity contribution in [2.24, 2.45) is 0 Å². The van der Waals surface area contributed by atoms with E-state index in [0.29, 0.717) is 5.25 Å². The highest BCUT2D eigenvalue weighted by molar-refractivity contribution is 7.80. The molecule has 0 bridgehead atoms. The molecule has 0 aliphatic heterocycles. The van der Waals surface area contributed by atoms with E-state index in [1.807, 2.05) is 6.07 Å². The Morgan fingerprint density at radius 1 is 1.60 bits per heavy atom. The third-order valence-corrected chi connectivity index (χ3v) is 2.56. The van der Waals surface area contributed by atoms with Crippen LogP contribution >= 0.6 is 12.6 Å².